The van der Waals surface area contributed by atoms with E-state index in [1.165, 1.54) is 6.92 Å². The van der Waals surface area contributed by atoms with Crippen LogP contribution in [0, 0.1) is 0 Å². The van der Waals surface area contributed by atoms with Crippen LogP contribution in [0.5, 0.6) is 0 Å². The van der Waals surface area contributed by atoms with Crippen LogP contribution in [-0.2, 0) is 32.0 Å². The molecule has 0 unspecified atom stereocenters. The molecule has 0 bridgehead atoms. The first kappa shape index (κ1) is 29.5. The summed E-state index contributed by atoms with van der Waals surface area (Å²) in [4.78, 5) is 50.7. The van der Waals surface area contributed by atoms with Gasteiger partial charge in [0.2, 0.25) is 17.7 Å². The number of carbonyl (C=O) groups excluding carboxylic acids is 3. The number of nitrogens with two attached hydrogens (primary N) is 2. The molecule has 0 aromatic heterocycles. The number of nitrogens with one attached hydrogen (secondary N) is 3. The first-order valence-corrected chi connectivity index (χ1v) is 12.4. The largest absolute Gasteiger partial charge is 0.480 e. The average molecular weight is 512 g/mol. The van der Waals surface area contributed by atoms with Gasteiger partial charge in [-0.2, -0.15) is 0 Å². The highest BCUT2D eigenvalue weighted by atomic mass is 16.4. The van der Waals surface area contributed by atoms with Crippen LogP contribution in [0.4, 0.5) is 0 Å². The summed E-state index contributed by atoms with van der Waals surface area (Å²) in [5.41, 5.74) is 12.8. The molecule has 0 aliphatic rings. The van der Waals surface area contributed by atoms with Gasteiger partial charge in [-0.05, 0) is 43.9 Å². The van der Waals surface area contributed by atoms with Gasteiger partial charge in [0.25, 0.3) is 0 Å². The molecule has 200 valence electrons. The van der Waals surface area contributed by atoms with Crippen molar-refractivity contribution in [3.05, 3.63) is 71.8 Å². The van der Waals surface area contributed by atoms with Crippen molar-refractivity contribution >= 4 is 23.7 Å². The van der Waals surface area contributed by atoms with E-state index >= 15 is 0 Å². The fourth-order valence-electron chi connectivity index (χ4n) is 3.72. The van der Waals surface area contributed by atoms with Gasteiger partial charge in [-0.1, -0.05) is 60.7 Å². The number of carbonyl (C=O) groups is 4. The minimum absolute atomic E-state index is 0.132. The number of carboxylic acids is 1. The second-order valence-corrected chi connectivity index (χ2v) is 8.97. The van der Waals surface area contributed by atoms with Gasteiger partial charge < -0.3 is 32.5 Å². The summed E-state index contributed by atoms with van der Waals surface area (Å²) < 4.78 is 0. The predicted octanol–water partition coefficient (Wildman–Crippen LogP) is 0.487. The maximum atomic E-state index is 13.4. The predicted molar refractivity (Wildman–Crippen MR) is 140 cm³/mol. The van der Waals surface area contributed by atoms with E-state index in [9.17, 15) is 24.3 Å². The Kier molecular flexibility index (Phi) is 12.2. The molecule has 0 spiro atoms. The zero-order valence-electron chi connectivity index (χ0n) is 21.1. The molecular formula is C27H37N5O5. The molecule has 8 N–H and O–H groups in total. The van der Waals surface area contributed by atoms with Gasteiger partial charge in [0.1, 0.15) is 18.1 Å². The van der Waals surface area contributed by atoms with Crippen molar-refractivity contribution in [1.29, 1.82) is 0 Å². The van der Waals surface area contributed by atoms with E-state index < -0.39 is 47.9 Å². The number of rotatable bonds is 15. The molecule has 10 nitrogen and oxygen atoms in total. The fourth-order valence-corrected chi connectivity index (χ4v) is 3.72. The van der Waals surface area contributed by atoms with Crippen molar-refractivity contribution in [2.75, 3.05) is 6.54 Å². The summed E-state index contributed by atoms with van der Waals surface area (Å²) >= 11 is 0. The molecule has 2 rings (SSSR count). The van der Waals surface area contributed by atoms with E-state index in [4.69, 9.17) is 11.5 Å². The Morgan fingerprint density at radius 3 is 1.57 bits per heavy atom. The van der Waals surface area contributed by atoms with Crippen molar-refractivity contribution in [1.82, 2.24) is 16.0 Å². The van der Waals surface area contributed by atoms with Gasteiger partial charge in [0.05, 0.1) is 6.04 Å². The Morgan fingerprint density at radius 1 is 0.730 bits per heavy atom. The zero-order chi connectivity index (χ0) is 27.2. The van der Waals surface area contributed by atoms with Gasteiger partial charge in [-0.25, -0.2) is 4.79 Å². The van der Waals surface area contributed by atoms with Crippen LogP contribution in [0.1, 0.15) is 37.3 Å². The van der Waals surface area contributed by atoms with E-state index in [1.54, 1.807) is 12.1 Å². The highest BCUT2D eigenvalue weighted by molar-refractivity contribution is 5.94. The molecular weight excluding hydrogens is 474 g/mol. The molecule has 0 saturated carbocycles. The van der Waals surface area contributed by atoms with Crippen molar-refractivity contribution in [2.45, 2.75) is 63.2 Å². The third kappa shape index (κ3) is 10.4. The van der Waals surface area contributed by atoms with Crippen molar-refractivity contribution in [3.8, 4) is 0 Å². The van der Waals surface area contributed by atoms with Crippen molar-refractivity contribution in [3.63, 3.8) is 0 Å². The molecule has 10 heteroatoms. The van der Waals surface area contributed by atoms with E-state index in [0.29, 0.717) is 19.4 Å². The summed E-state index contributed by atoms with van der Waals surface area (Å²) in [7, 11) is 0. The lowest BCUT2D eigenvalue weighted by Gasteiger charge is -2.25. The topological polar surface area (TPSA) is 177 Å². The Hall–Kier alpha value is -3.76. The Bertz CT molecular complexity index is 1020. The molecule has 4 atom stereocenters. The first-order valence-electron chi connectivity index (χ1n) is 12.4. The number of benzene rings is 2. The highest BCUT2D eigenvalue weighted by Crippen LogP contribution is 2.09. The molecule has 0 fully saturated rings. The monoisotopic (exact) mass is 511 g/mol. The third-order valence-electron chi connectivity index (χ3n) is 5.81. The van der Waals surface area contributed by atoms with Crippen LogP contribution < -0.4 is 27.4 Å². The fraction of sp³-hybridized carbons (Fsp3) is 0.407. The number of hydrogen-bond donors (Lipinski definition) is 6. The van der Waals surface area contributed by atoms with Crippen LogP contribution in [0.3, 0.4) is 0 Å². The minimum atomic E-state index is -1.17. The van der Waals surface area contributed by atoms with E-state index in [2.05, 4.69) is 16.0 Å². The maximum absolute atomic E-state index is 13.4. The number of amides is 3. The standard InChI is InChI=1S/C27H37N5O5/c1-18(29)24(33)31-22(16-19-10-4-2-5-11-19)26(35)32-23(17-20-12-6-3-7-13-20)25(34)30-21(27(36)37)14-8-9-15-28/h2-7,10-13,18,21-23H,8-9,14-17,28-29H2,1H3,(H,30,34)(H,31,33)(H,32,35)(H,36,37)/t18-,21-,22-,23-/m0/s1. The van der Waals surface area contributed by atoms with E-state index in [-0.39, 0.29) is 19.3 Å². The van der Waals surface area contributed by atoms with Gasteiger partial charge in [0.15, 0.2) is 0 Å². The molecule has 0 aliphatic carbocycles. The number of aliphatic carboxylic acids is 1. The number of hydrogen-bond acceptors (Lipinski definition) is 6. The van der Waals surface area contributed by atoms with Gasteiger partial charge in [0, 0.05) is 12.8 Å². The lowest BCUT2D eigenvalue weighted by Crippen LogP contribution is -2.58. The summed E-state index contributed by atoms with van der Waals surface area (Å²) in [6.45, 7) is 1.93. The van der Waals surface area contributed by atoms with E-state index in [1.807, 2.05) is 48.5 Å². The summed E-state index contributed by atoms with van der Waals surface area (Å²) in [6, 6.07) is 14.2. The van der Waals surface area contributed by atoms with Crippen LogP contribution in [0.2, 0.25) is 0 Å². The summed E-state index contributed by atoms with van der Waals surface area (Å²) in [5.74, 6) is -2.88. The Balaban J connectivity index is 2.25. The van der Waals surface area contributed by atoms with Crippen molar-refractivity contribution in [2.24, 2.45) is 11.5 Å². The quantitative estimate of drug-likeness (QED) is 0.188. The van der Waals surface area contributed by atoms with Crippen molar-refractivity contribution < 1.29 is 24.3 Å². The lowest BCUT2D eigenvalue weighted by molar-refractivity contribution is -0.142. The number of carboxylic acid groups (broad SMARTS) is 1. The zero-order valence-corrected chi connectivity index (χ0v) is 21.1. The van der Waals surface area contributed by atoms with Gasteiger partial charge in [-0.3, -0.25) is 14.4 Å². The summed E-state index contributed by atoms with van der Waals surface area (Å²) in [5, 5.41) is 17.5. The number of unbranched alkanes of at least 4 members (excludes halogenated alkanes) is 1. The van der Waals surface area contributed by atoms with E-state index in [0.717, 1.165) is 11.1 Å². The second kappa shape index (κ2) is 15.4. The molecule has 0 heterocycles. The smallest absolute Gasteiger partial charge is 0.326 e. The normalized spacial score (nSPS) is 14.0. The van der Waals surface area contributed by atoms with Gasteiger partial charge >= 0.3 is 5.97 Å². The molecule has 37 heavy (non-hydrogen) atoms. The van der Waals surface area contributed by atoms with Crippen LogP contribution in [-0.4, -0.2) is 59.5 Å². The third-order valence-corrected chi connectivity index (χ3v) is 5.81. The first-order chi connectivity index (χ1) is 17.7. The molecule has 0 aliphatic heterocycles. The lowest BCUT2D eigenvalue weighted by atomic mass is 10.0. The molecule has 0 saturated heterocycles. The molecule has 0 radical (unpaired) electrons. The molecule has 3 amide bonds. The Labute approximate surface area is 217 Å². The molecule has 2 aromatic carbocycles. The Morgan fingerprint density at radius 2 is 1.16 bits per heavy atom. The van der Waals surface area contributed by atoms with Crippen LogP contribution in [0.25, 0.3) is 0 Å². The summed E-state index contributed by atoms with van der Waals surface area (Å²) in [6.07, 6.45) is 1.69. The SMILES string of the molecule is C[C@H](N)C(=O)N[C@@H](Cc1ccccc1)C(=O)N[C@@H](Cc1ccccc1)C(=O)N[C@@H](CCCCN)C(=O)O. The van der Waals surface area contributed by atoms with Gasteiger partial charge in [-0.15, -0.1) is 0 Å². The maximum Gasteiger partial charge on any atom is 0.326 e. The average Bonchev–Trinajstić information content (AvgIpc) is 2.88. The second-order valence-electron chi connectivity index (χ2n) is 8.97. The minimum Gasteiger partial charge on any atom is -0.480 e. The highest BCUT2D eigenvalue weighted by Gasteiger charge is 2.30. The van der Waals surface area contributed by atoms with Crippen LogP contribution >= 0.6 is 0 Å². The molecule has 2 aromatic rings. The van der Waals surface area contributed by atoms with Crippen LogP contribution in [0.15, 0.2) is 60.7 Å².